The van der Waals surface area contributed by atoms with Crippen LogP contribution in [-0.2, 0) is 42.8 Å². The third kappa shape index (κ3) is 21.1. The van der Waals surface area contributed by atoms with Crippen LogP contribution in [-0.4, -0.2) is 213 Å². The van der Waals surface area contributed by atoms with Crippen molar-refractivity contribution >= 4 is 17.8 Å². The Balaban J connectivity index is 1.58. The van der Waals surface area contributed by atoms with E-state index in [9.17, 15) is 80.8 Å². The number of cyclic esters (lactones) is 1. The van der Waals surface area contributed by atoms with Crippen molar-refractivity contribution in [2.45, 2.75) is 228 Å². The summed E-state index contributed by atoms with van der Waals surface area (Å²) in [4.78, 5) is 37.5. The Bertz CT molecular complexity index is 2050. The van der Waals surface area contributed by atoms with Gasteiger partial charge in [0.2, 0.25) is 5.91 Å². The second-order valence-corrected chi connectivity index (χ2v) is 21.7. The summed E-state index contributed by atoms with van der Waals surface area (Å²) in [5.41, 5.74) is 0. The zero-order chi connectivity index (χ0) is 58.7. The van der Waals surface area contributed by atoms with Crippen molar-refractivity contribution in [1.29, 1.82) is 0 Å². The number of aliphatic carboxylic acids is 1. The molecule has 0 aromatic rings. The van der Waals surface area contributed by atoms with Crippen LogP contribution in [0.1, 0.15) is 106 Å². The number of hydrogen-bond donors (Lipinski definition) is 14. The van der Waals surface area contributed by atoms with Crippen molar-refractivity contribution in [1.82, 2.24) is 5.32 Å². The highest BCUT2D eigenvalue weighted by molar-refractivity contribution is 5.73. The second-order valence-electron chi connectivity index (χ2n) is 21.7. The molecule has 1 amide bonds. The number of fused-ring (bicyclic) bond motifs is 2. The molecule has 4 rings (SSSR count). The maximum atomic E-state index is 12.7. The van der Waals surface area contributed by atoms with Gasteiger partial charge in [0.05, 0.1) is 80.2 Å². The number of carboxylic acid groups (broad SMARTS) is 1. The number of esters is 1. The summed E-state index contributed by atoms with van der Waals surface area (Å²) >= 11 is 0. The fraction of sp³-hybridized carbons (Fsp3) is 0.732. The lowest BCUT2D eigenvalue weighted by Gasteiger charge is -2.48. The minimum atomic E-state index is -2.42. The number of carbonyl (C=O) groups excluding carboxylic acids is 2. The number of carboxylic acids is 1. The number of hydrogen-bond acceptors (Lipinski definition) is 21. The minimum Gasteiger partial charge on any atom is -0.481 e. The molecule has 23 heteroatoms. The molecular formula is C56H89NO22. The summed E-state index contributed by atoms with van der Waals surface area (Å²) in [6, 6.07) is -1.29. The van der Waals surface area contributed by atoms with Crippen LogP contribution in [0, 0.1) is 23.7 Å². The fourth-order valence-electron chi connectivity index (χ4n) is 10.3. The van der Waals surface area contributed by atoms with Gasteiger partial charge in [-0.15, -0.1) is 0 Å². The second kappa shape index (κ2) is 32.7. The summed E-state index contributed by atoms with van der Waals surface area (Å²) < 4.78 is 36.0. The predicted molar refractivity (Wildman–Crippen MR) is 283 cm³/mol. The Hall–Kier alpha value is -3.83. The molecule has 0 saturated carbocycles. The monoisotopic (exact) mass is 1130 g/mol. The summed E-state index contributed by atoms with van der Waals surface area (Å²) in [6.45, 7) is 8.90. The molecular weight excluding hydrogens is 1040 g/mol. The number of amides is 1. The van der Waals surface area contributed by atoms with Gasteiger partial charge in [0.15, 0.2) is 18.4 Å². The number of rotatable bonds is 7. The molecule has 0 aromatic carbocycles. The molecule has 0 spiro atoms. The molecule has 3 fully saturated rings. The Kier molecular flexibility index (Phi) is 28.0. The predicted octanol–water partition coefficient (Wildman–Crippen LogP) is 0.213. The van der Waals surface area contributed by atoms with Crippen LogP contribution in [0.3, 0.4) is 0 Å². The summed E-state index contributed by atoms with van der Waals surface area (Å²) in [5.74, 6) is -8.48. The molecule has 24 unspecified atom stereocenters. The van der Waals surface area contributed by atoms with Crippen LogP contribution in [0.5, 0.6) is 0 Å². The van der Waals surface area contributed by atoms with E-state index in [2.05, 4.69) is 5.32 Å². The van der Waals surface area contributed by atoms with Gasteiger partial charge in [-0.3, -0.25) is 14.4 Å². The zero-order valence-electron chi connectivity index (χ0n) is 46.0. The SMILES string of the molecule is CC(=O)NC1C(OC2C(C)OC(OC3/C=C/C=C/C=C/C=C/CC/C=C/C=C/C(C)C(O)C(C)C(C)OC(=O)CC(O)CC(O)CC(O)CCC(O)C(O)CC4(O)CC(O)C(C(=O)O)C(C3)O4)C(O)C2C)OC(CO)C(O)C1O. The van der Waals surface area contributed by atoms with Gasteiger partial charge >= 0.3 is 11.9 Å². The van der Waals surface area contributed by atoms with Gasteiger partial charge in [-0.05, 0) is 52.4 Å². The van der Waals surface area contributed by atoms with Gasteiger partial charge in [0.1, 0.15) is 42.5 Å². The lowest BCUT2D eigenvalue weighted by atomic mass is 9.82. The van der Waals surface area contributed by atoms with E-state index >= 15 is 0 Å². The van der Waals surface area contributed by atoms with Crippen LogP contribution >= 0.6 is 0 Å². The molecule has 24 atom stereocenters. The number of allylic oxidation sites excluding steroid dienone is 10. The Morgan fingerprint density at radius 2 is 1.27 bits per heavy atom. The largest absolute Gasteiger partial charge is 0.481 e. The Labute approximate surface area is 462 Å². The lowest BCUT2D eigenvalue weighted by Crippen LogP contribution is -2.66. The van der Waals surface area contributed by atoms with E-state index < -0.39 is 190 Å². The highest BCUT2D eigenvalue weighted by Gasteiger charge is 2.53. The van der Waals surface area contributed by atoms with Crippen molar-refractivity contribution in [3.05, 3.63) is 72.9 Å². The fourth-order valence-corrected chi connectivity index (χ4v) is 10.3. The lowest BCUT2D eigenvalue weighted by molar-refractivity contribution is -0.339. The van der Waals surface area contributed by atoms with E-state index in [-0.39, 0.29) is 31.6 Å². The van der Waals surface area contributed by atoms with Gasteiger partial charge < -0.3 is 100 Å². The van der Waals surface area contributed by atoms with E-state index in [4.69, 9.17) is 28.4 Å². The van der Waals surface area contributed by atoms with Crippen molar-refractivity contribution in [2.75, 3.05) is 6.61 Å². The number of aliphatic hydroxyl groups is 12. The Morgan fingerprint density at radius 1 is 0.658 bits per heavy atom. The average Bonchev–Trinajstić information content (AvgIpc) is 3.36. The van der Waals surface area contributed by atoms with Crippen LogP contribution in [0.15, 0.2) is 72.9 Å². The van der Waals surface area contributed by atoms with Crippen molar-refractivity contribution < 1.29 is 109 Å². The molecule has 3 saturated heterocycles. The van der Waals surface area contributed by atoms with Gasteiger partial charge in [-0.25, -0.2) is 0 Å². The maximum absolute atomic E-state index is 12.7. The van der Waals surface area contributed by atoms with Crippen LogP contribution in [0.4, 0.5) is 0 Å². The van der Waals surface area contributed by atoms with Crippen molar-refractivity contribution in [3.8, 4) is 0 Å². The normalized spacial score (nSPS) is 45.1. The van der Waals surface area contributed by atoms with Gasteiger partial charge in [-0.2, -0.15) is 0 Å². The topological polar surface area (TPSA) is 382 Å². The number of carbonyl (C=O) groups is 3. The molecule has 2 bridgehead atoms. The average molecular weight is 1130 g/mol. The van der Waals surface area contributed by atoms with Gasteiger partial charge in [0.25, 0.3) is 0 Å². The molecule has 14 N–H and O–H groups in total. The smallest absolute Gasteiger partial charge is 0.311 e. The van der Waals surface area contributed by atoms with Gasteiger partial charge in [0, 0.05) is 43.9 Å². The molecule has 4 aliphatic rings. The van der Waals surface area contributed by atoms with E-state index in [1.165, 1.54) is 13.0 Å². The molecule has 4 heterocycles. The van der Waals surface area contributed by atoms with E-state index in [0.29, 0.717) is 0 Å². The standard InChI is InChI=1S/C56H89NO22/c1-30-19-17-15-13-11-9-7-8-10-12-14-16-18-20-39(76-55-49(68)32(3)52(34(5)75-55)78-54-47(57-35(6)59)51(70)50(69)44(29-58)77-54)26-43-46(53(71)72)42(65)28-56(73,79-43)27-41(64)40(63)22-21-36(60)23-37(61)24-38(62)25-45(66)74-33(4)31(2)48(30)67/h7-8,10,12-20,30-34,36-44,46-52,54-55,58,60-65,67-70,73H,9,11,21-29H2,1-6H3,(H,57,59)(H,71,72)/b8-7+,12-10+,15-13+,16-14+,19-17+,20-18+. The first-order chi connectivity index (χ1) is 37.2. The van der Waals surface area contributed by atoms with Crippen LogP contribution in [0.2, 0.25) is 0 Å². The van der Waals surface area contributed by atoms with Gasteiger partial charge in [-0.1, -0.05) is 93.7 Å². The van der Waals surface area contributed by atoms with Crippen molar-refractivity contribution in [3.63, 3.8) is 0 Å². The van der Waals surface area contributed by atoms with Crippen LogP contribution < -0.4 is 5.32 Å². The highest BCUT2D eigenvalue weighted by Crippen LogP contribution is 2.39. The number of nitrogens with one attached hydrogen (secondary N) is 1. The summed E-state index contributed by atoms with van der Waals surface area (Å²) in [5, 5.41) is 144. The van der Waals surface area contributed by atoms with E-state index in [1.807, 2.05) is 43.4 Å². The molecule has 4 aliphatic heterocycles. The van der Waals surface area contributed by atoms with E-state index in [1.54, 1.807) is 58.1 Å². The highest BCUT2D eigenvalue weighted by atomic mass is 16.7. The first kappa shape index (κ1) is 67.7. The summed E-state index contributed by atoms with van der Waals surface area (Å²) in [7, 11) is 0. The Morgan fingerprint density at radius 3 is 1.91 bits per heavy atom. The summed E-state index contributed by atoms with van der Waals surface area (Å²) in [6.07, 6.45) is -4.52. The molecule has 0 radical (unpaired) electrons. The van der Waals surface area contributed by atoms with Crippen LogP contribution in [0.25, 0.3) is 0 Å². The first-order valence-electron chi connectivity index (χ1n) is 27.4. The first-order valence-corrected chi connectivity index (χ1v) is 27.4. The molecule has 23 nitrogen and oxygen atoms in total. The van der Waals surface area contributed by atoms with E-state index in [0.717, 1.165) is 12.8 Å². The minimum absolute atomic E-state index is 0.171. The third-order valence-electron chi connectivity index (χ3n) is 15.0. The maximum Gasteiger partial charge on any atom is 0.311 e. The van der Waals surface area contributed by atoms with Crippen molar-refractivity contribution in [2.24, 2.45) is 23.7 Å². The zero-order valence-corrected chi connectivity index (χ0v) is 46.0. The molecule has 0 aliphatic carbocycles. The quantitative estimate of drug-likeness (QED) is 0.152. The number of aliphatic hydroxyl groups excluding tert-OH is 11. The molecule has 79 heavy (non-hydrogen) atoms. The molecule has 0 aromatic heterocycles. The number of ether oxygens (including phenoxy) is 6. The molecule has 450 valence electrons. The third-order valence-corrected chi connectivity index (χ3v) is 15.0.